The predicted molar refractivity (Wildman–Crippen MR) is 114 cm³/mol. The van der Waals surface area contributed by atoms with Crippen LogP contribution in [0, 0.1) is 5.92 Å². The van der Waals surface area contributed by atoms with Gasteiger partial charge in [0, 0.05) is 12.6 Å². The molecule has 3 aliphatic rings. The fourth-order valence-corrected chi connectivity index (χ4v) is 4.63. The van der Waals surface area contributed by atoms with Gasteiger partial charge in [-0.1, -0.05) is 32.0 Å². The van der Waals surface area contributed by atoms with Gasteiger partial charge in [0.1, 0.15) is 6.04 Å². The smallest absolute Gasteiger partial charge is 0.352 e. The van der Waals surface area contributed by atoms with Crippen LogP contribution >= 0.6 is 0 Å². The lowest BCUT2D eigenvalue weighted by atomic mass is 9.91. The molecule has 0 radical (unpaired) electrons. The monoisotopic (exact) mass is 464 g/mol. The normalized spacial score (nSPS) is 22.0. The van der Waals surface area contributed by atoms with Crippen molar-refractivity contribution in [3.63, 3.8) is 0 Å². The molecule has 178 valence electrons. The molecule has 0 saturated heterocycles. The molecular weight excluding hydrogens is 437 g/mol. The Morgan fingerprint density at radius 2 is 1.88 bits per heavy atom. The number of rotatable bonds is 6. The molecule has 1 aliphatic carbocycles. The third-order valence-corrected chi connectivity index (χ3v) is 6.30. The topological polar surface area (TPSA) is 81.8 Å². The average Bonchev–Trinajstić information content (AvgIpc) is 3.49. The van der Waals surface area contributed by atoms with E-state index in [-0.39, 0.29) is 42.1 Å². The molecule has 10 heteroatoms. The number of likely N-dealkylation sites (N-methyl/N-ethyl adjacent to an activating group) is 1. The molecule has 1 aromatic carbocycles. The number of carbonyl (C=O) groups is 3. The molecule has 2 atom stereocenters. The van der Waals surface area contributed by atoms with Gasteiger partial charge >= 0.3 is 12.2 Å². The summed E-state index contributed by atoms with van der Waals surface area (Å²) >= 11 is 0. The number of nitrogens with zero attached hydrogens (tertiary/aromatic N) is 2. The standard InChI is InChI=1S/C23H27F3N4O3/c1-4-29-16-11-30(19(12(2)3)20(31)27-13-9-10-13)21(32)17(16)18(28-22(29)33)14-7-5-6-8-15(14)23(24,25)26/h5-8,12-13,18-19H,4,9-11H2,1-3H3,(H,27,31)(H,28,33)/t18-,19-/m1/s1. The Labute approximate surface area is 190 Å². The number of benzene rings is 1. The van der Waals surface area contributed by atoms with Crippen LogP contribution in [0.25, 0.3) is 0 Å². The lowest BCUT2D eigenvalue weighted by Gasteiger charge is -2.33. The van der Waals surface area contributed by atoms with E-state index in [0.717, 1.165) is 18.9 Å². The molecule has 7 nitrogen and oxygen atoms in total. The number of carbonyl (C=O) groups excluding carboxylic acids is 3. The SMILES string of the molecule is CCN1C(=O)N[C@H](c2ccccc2C(F)(F)F)C2=C1CN([C@@H](C(=O)NC1CC1)C(C)C)C2=O. The Morgan fingerprint density at radius 3 is 2.45 bits per heavy atom. The minimum atomic E-state index is -4.66. The van der Waals surface area contributed by atoms with Gasteiger partial charge in [0.15, 0.2) is 0 Å². The van der Waals surface area contributed by atoms with Crippen LogP contribution in [0.1, 0.15) is 50.8 Å². The van der Waals surface area contributed by atoms with Crippen molar-refractivity contribution in [2.45, 2.75) is 57.9 Å². The number of amides is 4. The number of halogens is 3. The summed E-state index contributed by atoms with van der Waals surface area (Å²) < 4.78 is 41.2. The second-order valence-electron chi connectivity index (χ2n) is 8.98. The van der Waals surface area contributed by atoms with Crippen LogP contribution in [-0.4, -0.2) is 52.8 Å². The van der Waals surface area contributed by atoms with E-state index < -0.39 is 35.8 Å². The van der Waals surface area contributed by atoms with Crippen molar-refractivity contribution in [2.75, 3.05) is 13.1 Å². The fraction of sp³-hybridized carbons (Fsp3) is 0.522. The molecule has 1 saturated carbocycles. The Kier molecular flexibility index (Phi) is 5.88. The molecule has 0 spiro atoms. The van der Waals surface area contributed by atoms with Crippen molar-refractivity contribution >= 4 is 17.8 Å². The minimum Gasteiger partial charge on any atom is -0.352 e. The van der Waals surface area contributed by atoms with Crippen LogP contribution in [0.3, 0.4) is 0 Å². The summed E-state index contributed by atoms with van der Waals surface area (Å²) in [5, 5.41) is 5.51. The first-order chi connectivity index (χ1) is 15.5. The zero-order chi connectivity index (χ0) is 24.1. The predicted octanol–water partition coefficient (Wildman–Crippen LogP) is 3.19. The number of nitrogens with one attached hydrogen (secondary N) is 2. The van der Waals surface area contributed by atoms with Gasteiger partial charge in [0.2, 0.25) is 5.91 Å². The molecule has 0 aromatic heterocycles. The summed E-state index contributed by atoms with van der Waals surface area (Å²) in [6.07, 6.45) is -2.88. The van der Waals surface area contributed by atoms with Gasteiger partial charge in [0.25, 0.3) is 5.91 Å². The number of hydrogen-bond donors (Lipinski definition) is 2. The maximum absolute atomic E-state index is 13.7. The van der Waals surface area contributed by atoms with E-state index in [1.165, 1.54) is 28.0 Å². The number of hydrogen-bond acceptors (Lipinski definition) is 3. The van der Waals surface area contributed by atoms with Crippen LogP contribution in [0.5, 0.6) is 0 Å². The first-order valence-corrected chi connectivity index (χ1v) is 11.1. The second kappa shape index (κ2) is 8.39. The van der Waals surface area contributed by atoms with Gasteiger partial charge in [-0.15, -0.1) is 0 Å². The van der Waals surface area contributed by atoms with E-state index in [1.54, 1.807) is 6.92 Å². The molecule has 2 heterocycles. The maximum atomic E-state index is 13.7. The molecule has 1 aromatic rings. The molecule has 33 heavy (non-hydrogen) atoms. The van der Waals surface area contributed by atoms with Gasteiger partial charge in [-0.25, -0.2) is 4.79 Å². The second-order valence-corrected chi connectivity index (χ2v) is 8.98. The lowest BCUT2D eigenvalue weighted by molar-refractivity contribution is -0.139. The summed E-state index contributed by atoms with van der Waals surface area (Å²) in [5.74, 6) is -1.04. The fourth-order valence-electron chi connectivity index (χ4n) is 4.63. The highest BCUT2D eigenvalue weighted by Gasteiger charge is 2.49. The third-order valence-electron chi connectivity index (χ3n) is 6.30. The van der Waals surface area contributed by atoms with Crippen LogP contribution < -0.4 is 10.6 Å². The van der Waals surface area contributed by atoms with Crippen molar-refractivity contribution in [2.24, 2.45) is 5.92 Å². The van der Waals surface area contributed by atoms with E-state index in [0.29, 0.717) is 5.70 Å². The van der Waals surface area contributed by atoms with Crippen molar-refractivity contribution < 1.29 is 27.6 Å². The lowest BCUT2D eigenvalue weighted by Crippen LogP contribution is -2.51. The maximum Gasteiger partial charge on any atom is 0.416 e. The van der Waals surface area contributed by atoms with Gasteiger partial charge in [-0.3, -0.25) is 14.5 Å². The van der Waals surface area contributed by atoms with Gasteiger partial charge in [-0.2, -0.15) is 13.2 Å². The summed E-state index contributed by atoms with van der Waals surface area (Å²) in [6, 6.07) is 2.39. The van der Waals surface area contributed by atoms with Crippen LogP contribution in [0.4, 0.5) is 18.0 Å². The van der Waals surface area contributed by atoms with E-state index in [2.05, 4.69) is 10.6 Å². The van der Waals surface area contributed by atoms with Crippen molar-refractivity contribution in [3.8, 4) is 0 Å². The Bertz CT molecular complexity index is 1020. The highest BCUT2D eigenvalue weighted by Crippen LogP contribution is 2.42. The van der Waals surface area contributed by atoms with Gasteiger partial charge < -0.3 is 15.5 Å². The highest BCUT2D eigenvalue weighted by atomic mass is 19.4. The van der Waals surface area contributed by atoms with Crippen LogP contribution in [0.2, 0.25) is 0 Å². The van der Waals surface area contributed by atoms with Crippen LogP contribution in [0.15, 0.2) is 35.5 Å². The van der Waals surface area contributed by atoms with Crippen molar-refractivity contribution in [1.82, 2.24) is 20.4 Å². The average molecular weight is 464 g/mol. The molecule has 0 bridgehead atoms. The molecule has 1 fully saturated rings. The van der Waals surface area contributed by atoms with Crippen molar-refractivity contribution in [3.05, 3.63) is 46.7 Å². The van der Waals surface area contributed by atoms with E-state index >= 15 is 0 Å². The summed E-state index contributed by atoms with van der Waals surface area (Å²) in [7, 11) is 0. The highest BCUT2D eigenvalue weighted by molar-refractivity contribution is 6.03. The molecular formula is C23H27F3N4O3. The Morgan fingerprint density at radius 1 is 1.21 bits per heavy atom. The number of alkyl halides is 3. The Balaban J connectivity index is 1.76. The first-order valence-electron chi connectivity index (χ1n) is 11.1. The molecule has 4 amide bonds. The zero-order valence-corrected chi connectivity index (χ0v) is 18.7. The zero-order valence-electron chi connectivity index (χ0n) is 18.7. The van der Waals surface area contributed by atoms with E-state index in [9.17, 15) is 27.6 Å². The summed E-state index contributed by atoms with van der Waals surface area (Å²) in [6.45, 7) is 5.58. The van der Waals surface area contributed by atoms with E-state index in [1.807, 2.05) is 13.8 Å². The Hall–Kier alpha value is -3.04. The molecule has 2 N–H and O–H groups in total. The van der Waals surface area contributed by atoms with Crippen LogP contribution in [-0.2, 0) is 15.8 Å². The first kappa shape index (κ1) is 23.1. The largest absolute Gasteiger partial charge is 0.416 e. The number of urea groups is 1. The molecule has 4 rings (SSSR count). The van der Waals surface area contributed by atoms with Crippen molar-refractivity contribution in [1.29, 1.82) is 0 Å². The van der Waals surface area contributed by atoms with E-state index in [4.69, 9.17) is 0 Å². The quantitative estimate of drug-likeness (QED) is 0.679. The summed E-state index contributed by atoms with van der Waals surface area (Å²) in [5.41, 5.74) is -0.679. The van der Waals surface area contributed by atoms with Gasteiger partial charge in [-0.05, 0) is 37.3 Å². The third kappa shape index (κ3) is 4.18. The molecule has 2 aliphatic heterocycles. The summed E-state index contributed by atoms with van der Waals surface area (Å²) in [4.78, 5) is 42.1. The minimum absolute atomic E-state index is 0.0129. The molecule has 0 unspecified atom stereocenters. The van der Waals surface area contributed by atoms with Gasteiger partial charge in [0.05, 0.1) is 29.4 Å².